The van der Waals surface area contributed by atoms with Gasteiger partial charge in [0.1, 0.15) is 0 Å². The second-order valence-corrected chi connectivity index (χ2v) is 6.63. The molecule has 2 atom stereocenters. The largest absolute Gasteiger partial charge is 0.342 e. The first kappa shape index (κ1) is 13.9. The maximum Gasteiger partial charge on any atom is 0.228 e. The highest BCUT2D eigenvalue weighted by Crippen LogP contribution is 2.38. The highest BCUT2D eigenvalue weighted by molar-refractivity contribution is 5.82. The minimum absolute atomic E-state index is 0.0853. The average Bonchev–Trinajstić information content (AvgIpc) is 2.39. The molecule has 2 rings (SSSR count). The lowest BCUT2D eigenvalue weighted by atomic mass is 9.74. The maximum atomic E-state index is 12.7. The number of nitrogens with zero attached hydrogens (tertiary/aromatic N) is 1. The van der Waals surface area contributed by atoms with Crippen LogP contribution in [0.5, 0.6) is 0 Å². The third kappa shape index (κ3) is 2.87. The van der Waals surface area contributed by atoms with E-state index in [1.54, 1.807) is 0 Å². The molecule has 1 saturated carbocycles. The standard InChI is InChI=1S/C15H28N2O/c1-12(16)13-7-6-10-17(11-13)14(18)15(2)8-4-3-5-9-15/h12-13H,3-11,16H2,1-2H3. The highest BCUT2D eigenvalue weighted by atomic mass is 16.2. The Kier molecular flexibility index (Phi) is 4.31. The fourth-order valence-electron chi connectivity index (χ4n) is 3.55. The van der Waals surface area contributed by atoms with Crippen LogP contribution in [0.4, 0.5) is 0 Å². The van der Waals surface area contributed by atoms with Gasteiger partial charge in [0.05, 0.1) is 0 Å². The fourth-order valence-corrected chi connectivity index (χ4v) is 3.55. The summed E-state index contributed by atoms with van der Waals surface area (Å²) >= 11 is 0. The zero-order chi connectivity index (χ0) is 13.2. The lowest BCUT2D eigenvalue weighted by Gasteiger charge is -2.41. The molecule has 2 aliphatic rings. The van der Waals surface area contributed by atoms with E-state index in [-0.39, 0.29) is 11.5 Å². The van der Waals surface area contributed by atoms with Crippen LogP contribution in [0, 0.1) is 11.3 Å². The number of likely N-dealkylation sites (tertiary alicyclic amines) is 1. The van der Waals surface area contributed by atoms with Crippen LogP contribution in [-0.2, 0) is 4.79 Å². The first-order valence-electron chi connectivity index (χ1n) is 7.58. The Morgan fingerprint density at radius 1 is 1.28 bits per heavy atom. The molecule has 2 N–H and O–H groups in total. The van der Waals surface area contributed by atoms with Gasteiger partial charge in [0, 0.05) is 24.5 Å². The summed E-state index contributed by atoms with van der Waals surface area (Å²) in [6.45, 7) is 6.06. The molecule has 0 aromatic rings. The molecule has 0 bridgehead atoms. The number of amides is 1. The van der Waals surface area contributed by atoms with Crippen molar-refractivity contribution in [1.82, 2.24) is 4.90 Å². The number of carbonyl (C=O) groups is 1. The van der Waals surface area contributed by atoms with Gasteiger partial charge in [-0.3, -0.25) is 4.79 Å². The molecule has 0 aromatic carbocycles. The van der Waals surface area contributed by atoms with Crippen molar-refractivity contribution >= 4 is 5.91 Å². The van der Waals surface area contributed by atoms with Crippen molar-refractivity contribution in [3.8, 4) is 0 Å². The van der Waals surface area contributed by atoms with Crippen molar-refractivity contribution in [1.29, 1.82) is 0 Å². The molecular weight excluding hydrogens is 224 g/mol. The van der Waals surface area contributed by atoms with Crippen LogP contribution in [-0.4, -0.2) is 29.9 Å². The van der Waals surface area contributed by atoms with E-state index < -0.39 is 0 Å². The van der Waals surface area contributed by atoms with E-state index in [0.717, 1.165) is 32.4 Å². The first-order valence-corrected chi connectivity index (χ1v) is 7.58. The molecule has 104 valence electrons. The van der Waals surface area contributed by atoms with Gasteiger partial charge in [0.15, 0.2) is 0 Å². The van der Waals surface area contributed by atoms with E-state index in [2.05, 4.69) is 18.7 Å². The normalized spacial score (nSPS) is 29.9. The van der Waals surface area contributed by atoms with E-state index in [4.69, 9.17) is 5.73 Å². The van der Waals surface area contributed by atoms with Crippen LogP contribution in [0.1, 0.15) is 58.8 Å². The molecular formula is C15H28N2O. The second-order valence-electron chi connectivity index (χ2n) is 6.63. The van der Waals surface area contributed by atoms with Gasteiger partial charge in [0.2, 0.25) is 5.91 Å². The monoisotopic (exact) mass is 252 g/mol. The van der Waals surface area contributed by atoms with Gasteiger partial charge in [-0.15, -0.1) is 0 Å². The van der Waals surface area contributed by atoms with E-state index in [1.165, 1.54) is 25.7 Å². The topological polar surface area (TPSA) is 46.3 Å². The number of rotatable bonds is 2. The van der Waals surface area contributed by atoms with Crippen molar-refractivity contribution in [2.24, 2.45) is 17.1 Å². The Bertz CT molecular complexity index is 295. The second kappa shape index (κ2) is 5.60. The van der Waals surface area contributed by atoms with Gasteiger partial charge < -0.3 is 10.6 Å². The van der Waals surface area contributed by atoms with Crippen molar-refractivity contribution in [2.75, 3.05) is 13.1 Å². The van der Waals surface area contributed by atoms with Crippen LogP contribution in [0.15, 0.2) is 0 Å². The van der Waals surface area contributed by atoms with E-state index in [9.17, 15) is 4.79 Å². The molecule has 1 heterocycles. The molecule has 1 amide bonds. The molecule has 0 radical (unpaired) electrons. The molecule has 2 unspecified atom stereocenters. The predicted octanol–water partition coefficient (Wildman–Crippen LogP) is 2.54. The number of piperidine rings is 1. The molecule has 2 fully saturated rings. The summed E-state index contributed by atoms with van der Waals surface area (Å²) in [5, 5.41) is 0. The third-order valence-corrected chi connectivity index (χ3v) is 4.96. The Hall–Kier alpha value is -0.570. The summed E-state index contributed by atoms with van der Waals surface area (Å²) in [4.78, 5) is 14.8. The number of carbonyl (C=O) groups excluding carboxylic acids is 1. The molecule has 18 heavy (non-hydrogen) atoms. The lowest BCUT2D eigenvalue weighted by Crippen LogP contribution is -2.50. The van der Waals surface area contributed by atoms with Crippen LogP contribution in [0.3, 0.4) is 0 Å². The van der Waals surface area contributed by atoms with Crippen molar-refractivity contribution in [2.45, 2.75) is 64.8 Å². The number of nitrogens with two attached hydrogens (primary N) is 1. The summed E-state index contributed by atoms with van der Waals surface area (Å²) in [5.41, 5.74) is 5.92. The summed E-state index contributed by atoms with van der Waals surface area (Å²) in [7, 11) is 0. The van der Waals surface area contributed by atoms with Gasteiger partial charge in [-0.2, -0.15) is 0 Å². The maximum absolute atomic E-state index is 12.7. The van der Waals surface area contributed by atoms with Crippen molar-refractivity contribution < 1.29 is 4.79 Å². The zero-order valence-corrected chi connectivity index (χ0v) is 12.0. The number of hydrogen-bond donors (Lipinski definition) is 1. The molecule has 1 aliphatic heterocycles. The van der Waals surface area contributed by atoms with Gasteiger partial charge in [-0.1, -0.05) is 26.2 Å². The zero-order valence-electron chi connectivity index (χ0n) is 12.0. The Balaban J connectivity index is 1.99. The van der Waals surface area contributed by atoms with Crippen LogP contribution < -0.4 is 5.73 Å². The fraction of sp³-hybridized carbons (Fsp3) is 0.933. The summed E-state index contributed by atoms with van der Waals surface area (Å²) < 4.78 is 0. The van der Waals surface area contributed by atoms with Crippen LogP contribution in [0.25, 0.3) is 0 Å². The smallest absolute Gasteiger partial charge is 0.228 e. The lowest BCUT2D eigenvalue weighted by molar-refractivity contribution is -0.145. The van der Waals surface area contributed by atoms with E-state index >= 15 is 0 Å². The summed E-state index contributed by atoms with van der Waals surface area (Å²) in [6.07, 6.45) is 8.17. The van der Waals surface area contributed by atoms with E-state index in [0.29, 0.717) is 11.8 Å². The average molecular weight is 252 g/mol. The Morgan fingerprint density at radius 2 is 1.94 bits per heavy atom. The highest BCUT2D eigenvalue weighted by Gasteiger charge is 2.39. The molecule has 1 saturated heterocycles. The SMILES string of the molecule is CC(N)C1CCCN(C(=O)C2(C)CCCCC2)C1. The summed E-state index contributed by atoms with van der Waals surface area (Å²) in [6, 6.07) is 0.208. The van der Waals surface area contributed by atoms with Gasteiger partial charge in [0.25, 0.3) is 0 Å². The Morgan fingerprint density at radius 3 is 2.56 bits per heavy atom. The predicted molar refractivity (Wildman–Crippen MR) is 74.1 cm³/mol. The van der Waals surface area contributed by atoms with Crippen molar-refractivity contribution in [3.63, 3.8) is 0 Å². The van der Waals surface area contributed by atoms with Crippen LogP contribution >= 0.6 is 0 Å². The first-order chi connectivity index (χ1) is 8.53. The molecule has 0 aromatic heterocycles. The third-order valence-electron chi connectivity index (χ3n) is 4.96. The van der Waals surface area contributed by atoms with Gasteiger partial charge >= 0.3 is 0 Å². The minimum Gasteiger partial charge on any atom is -0.342 e. The molecule has 0 spiro atoms. The molecule has 3 heteroatoms. The van der Waals surface area contributed by atoms with Crippen molar-refractivity contribution in [3.05, 3.63) is 0 Å². The molecule has 1 aliphatic carbocycles. The minimum atomic E-state index is -0.0853. The number of hydrogen-bond acceptors (Lipinski definition) is 2. The van der Waals surface area contributed by atoms with Gasteiger partial charge in [-0.25, -0.2) is 0 Å². The van der Waals surface area contributed by atoms with Crippen LogP contribution in [0.2, 0.25) is 0 Å². The molecule has 3 nitrogen and oxygen atoms in total. The van der Waals surface area contributed by atoms with Gasteiger partial charge in [-0.05, 0) is 38.5 Å². The Labute approximate surface area is 111 Å². The summed E-state index contributed by atoms with van der Waals surface area (Å²) in [5.74, 6) is 0.891. The quantitative estimate of drug-likeness (QED) is 0.821. The van der Waals surface area contributed by atoms with E-state index in [1.807, 2.05) is 0 Å².